The smallest absolute Gasteiger partial charge is 0.0778 e. The zero-order valence-electron chi connectivity index (χ0n) is 19.6. The van der Waals surface area contributed by atoms with Gasteiger partial charge in [0.1, 0.15) is 0 Å². The Bertz CT molecular complexity index is 468. The molecule has 0 radical (unpaired) electrons. The zero-order chi connectivity index (χ0) is 20.5. The van der Waals surface area contributed by atoms with Gasteiger partial charge in [-0.15, -0.1) is 0 Å². The van der Waals surface area contributed by atoms with E-state index in [1.807, 2.05) is 0 Å². The second-order valence-electron chi connectivity index (χ2n) is 9.04. The molecule has 28 heavy (non-hydrogen) atoms. The van der Waals surface area contributed by atoms with Gasteiger partial charge in [0.15, 0.2) is 0 Å². The largest absolute Gasteiger partial charge is 0.0936 e. The Hall–Kier alpha value is -0.823. The summed E-state index contributed by atoms with van der Waals surface area (Å²) < 4.78 is 0. The van der Waals surface area contributed by atoms with Crippen molar-refractivity contribution in [1.29, 1.82) is 0 Å². The second-order valence-corrected chi connectivity index (χ2v) is 13.6. The van der Waals surface area contributed by atoms with Crippen LogP contribution >= 0.6 is 0 Å². The van der Waals surface area contributed by atoms with Gasteiger partial charge < -0.3 is 0 Å². The fraction of sp³-hybridized carbons (Fsp3) is 0.704. The van der Waals surface area contributed by atoms with Crippen molar-refractivity contribution < 1.29 is 0 Å². The topological polar surface area (TPSA) is 0 Å². The summed E-state index contributed by atoms with van der Waals surface area (Å²) in [6.45, 7) is 9.17. The van der Waals surface area contributed by atoms with Crippen LogP contribution in [-0.2, 0) is 0 Å². The van der Waals surface area contributed by atoms with Crippen LogP contribution in [0.1, 0.15) is 109 Å². The minimum Gasteiger partial charge on any atom is -0.0936 e. The SMILES string of the molecule is CCCCCC[Si](/C=C/c1ccc(C)cc1)(CCCCCC)CCCCCC. The molecular weight excluding hydrogens is 352 g/mol. The first-order chi connectivity index (χ1) is 13.7. The molecule has 1 aromatic carbocycles. The van der Waals surface area contributed by atoms with Gasteiger partial charge in [-0.2, -0.15) is 0 Å². The van der Waals surface area contributed by atoms with Gasteiger partial charge in [0.25, 0.3) is 0 Å². The minimum atomic E-state index is -1.32. The van der Waals surface area contributed by atoms with Crippen molar-refractivity contribution in [3.63, 3.8) is 0 Å². The molecule has 0 spiro atoms. The highest BCUT2D eigenvalue weighted by atomic mass is 28.3. The first kappa shape index (κ1) is 25.2. The Labute approximate surface area is 178 Å². The molecule has 0 bridgehead atoms. The fourth-order valence-corrected chi connectivity index (χ4v) is 8.95. The average Bonchev–Trinajstić information content (AvgIpc) is 2.71. The van der Waals surface area contributed by atoms with Crippen LogP contribution in [0.3, 0.4) is 0 Å². The van der Waals surface area contributed by atoms with Crippen molar-refractivity contribution in [3.8, 4) is 0 Å². The minimum absolute atomic E-state index is 1.32. The maximum atomic E-state index is 2.77. The third-order valence-corrected chi connectivity index (χ3v) is 11.2. The number of unbranched alkanes of at least 4 members (excludes halogenated alkanes) is 9. The van der Waals surface area contributed by atoms with E-state index >= 15 is 0 Å². The first-order valence-corrected chi connectivity index (χ1v) is 15.1. The molecule has 0 aromatic heterocycles. The van der Waals surface area contributed by atoms with E-state index in [9.17, 15) is 0 Å². The molecular formula is C27H48Si. The van der Waals surface area contributed by atoms with Gasteiger partial charge in [0.2, 0.25) is 0 Å². The summed E-state index contributed by atoms with van der Waals surface area (Å²) in [6, 6.07) is 13.7. The van der Waals surface area contributed by atoms with Crippen molar-refractivity contribution in [3.05, 3.63) is 41.1 Å². The van der Waals surface area contributed by atoms with E-state index in [4.69, 9.17) is 0 Å². The Morgan fingerprint density at radius 2 is 1.04 bits per heavy atom. The van der Waals surface area contributed by atoms with Crippen LogP contribution in [0, 0.1) is 6.92 Å². The lowest BCUT2D eigenvalue weighted by Gasteiger charge is -2.29. The molecule has 0 fully saturated rings. The van der Waals surface area contributed by atoms with Gasteiger partial charge >= 0.3 is 0 Å². The van der Waals surface area contributed by atoms with E-state index in [2.05, 4.69) is 63.7 Å². The normalized spacial score (nSPS) is 12.1. The van der Waals surface area contributed by atoms with Crippen LogP contribution in [0.2, 0.25) is 18.1 Å². The van der Waals surface area contributed by atoms with E-state index in [0.717, 1.165) is 0 Å². The van der Waals surface area contributed by atoms with E-state index in [0.29, 0.717) is 0 Å². The molecule has 0 amide bonds. The lowest BCUT2D eigenvalue weighted by Crippen LogP contribution is -2.32. The van der Waals surface area contributed by atoms with E-state index in [1.54, 1.807) is 0 Å². The maximum Gasteiger partial charge on any atom is 0.0778 e. The number of benzene rings is 1. The molecule has 0 N–H and O–H groups in total. The Morgan fingerprint density at radius 1 is 0.607 bits per heavy atom. The van der Waals surface area contributed by atoms with Crippen molar-refractivity contribution in [1.82, 2.24) is 0 Å². The van der Waals surface area contributed by atoms with Crippen molar-refractivity contribution >= 4 is 14.1 Å². The van der Waals surface area contributed by atoms with Gasteiger partial charge in [-0.05, 0) is 12.5 Å². The quantitative estimate of drug-likeness (QED) is 0.180. The Balaban J connectivity index is 2.87. The molecule has 0 unspecified atom stereocenters. The zero-order valence-corrected chi connectivity index (χ0v) is 20.6. The molecule has 0 nitrogen and oxygen atoms in total. The molecule has 0 atom stereocenters. The summed E-state index contributed by atoms with van der Waals surface area (Å²) in [5, 5.41) is 0. The van der Waals surface area contributed by atoms with E-state index < -0.39 is 8.07 Å². The molecule has 0 aliphatic rings. The molecule has 0 aliphatic carbocycles. The van der Waals surface area contributed by atoms with Gasteiger partial charge in [0.05, 0.1) is 8.07 Å². The summed E-state index contributed by atoms with van der Waals surface area (Å²) in [4.78, 5) is 0. The molecule has 1 aromatic rings. The molecule has 160 valence electrons. The van der Waals surface area contributed by atoms with E-state index in [1.165, 1.54) is 106 Å². The standard InChI is InChI=1S/C27H48Si/c1-5-8-11-14-22-28(23-15-12-9-6-2,24-16-13-10-7-3)25-21-27-19-17-26(4)18-20-27/h17-21,25H,5-16,22-24H2,1-4H3/b25-21+. The Morgan fingerprint density at radius 3 is 1.43 bits per heavy atom. The predicted octanol–water partition coefficient (Wildman–Crippen LogP) is 9.74. The molecule has 0 heterocycles. The van der Waals surface area contributed by atoms with E-state index in [-0.39, 0.29) is 0 Å². The Kier molecular flexibility index (Phi) is 14.4. The molecule has 0 saturated heterocycles. The van der Waals surface area contributed by atoms with Crippen LogP contribution < -0.4 is 0 Å². The van der Waals surface area contributed by atoms with Crippen LogP contribution in [0.15, 0.2) is 30.0 Å². The first-order valence-electron chi connectivity index (χ1n) is 12.4. The summed E-state index contributed by atoms with van der Waals surface area (Å²) in [7, 11) is -1.32. The van der Waals surface area contributed by atoms with Crippen molar-refractivity contribution in [2.24, 2.45) is 0 Å². The third kappa shape index (κ3) is 11.2. The number of rotatable bonds is 17. The number of aryl methyl sites for hydroxylation is 1. The van der Waals surface area contributed by atoms with Crippen LogP contribution in [0.4, 0.5) is 0 Å². The summed E-state index contributed by atoms with van der Waals surface area (Å²) >= 11 is 0. The van der Waals surface area contributed by atoms with Gasteiger partial charge in [-0.25, -0.2) is 0 Å². The van der Waals surface area contributed by atoms with Crippen molar-refractivity contribution in [2.45, 2.75) is 123 Å². The highest BCUT2D eigenvalue weighted by Gasteiger charge is 2.28. The fourth-order valence-electron chi connectivity index (χ4n) is 4.29. The molecule has 0 aliphatic heterocycles. The molecule has 1 heteroatoms. The van der Waals surface area contributed by atoms with Gasteiger partial charge in [0, 0.05) is 0 Å². The highest BCUT2D eigenvalue weighted by Crippen LogP contribution is 2.31. The summed E-state index contributed by atoms with van der Waals surface area (Å²) in [5.41, 5.74) is 5.53. The van der Waals surface area contributed by atoms with Gasteiger partial charge in [-0.1, -0.05) is 158 Å². The maximum absolute atomic E-state index is 2.77. The highest BCUT2D eigenvalue weighted by molar-refractivity contribution is 6.85. The second kappa shape index (κ2) is 16.0. The summed E-state index contributed by atoms with van der Waals surface area (Å²) in [6.07, 6.45) is 19.5. The predicted molar refractivity (Wildman–Crippen MR) is 133 cm³/mol. The molecule has 1 rings (SSSR count). The lowest BCUT2D eigenvalue weighted by atomic mass is 10.1. The average molecular weight is 401 g/mol. The van der Waals surface area contributed by atoms with Crippen LogP contribution in [0.25, 0.3) is 6.08 Å². The van der Waals surface area contributed by atoms with Crippen LogP contribution in [-0.4, -0.2) is 8.07 Å². The van der Waals surface area contributed by atoms with Crippen molar-refractivity contribution in [2.75, 3.05) is 0 Å². The summed E-state index contributed by atoms with van der Waals surface area (Å²) in [5.74, 6) is 0. The van der Waals surface area contributed by atoms with Crippen LogP contribution in [0.5, 0.6) is 0 Å². The molecule has 0 saturated carbocycles. The third-order valence-electron chi connectivity index (χ3n) is 6.29. The van der Waals surface area contributed by atoms with Gasteiger partial charge in [-0.3, -0.25) is 0 Å². The number of hydrogen-bond acceptors (Lipinski definition) is 0. The number of hydrogen-bond donors (Lipinski definition) is 0. The monoisotopic (exact) mass is 400 g/mol. The lowest BCUT2D eigenvalue weighted by molar-refractivity contribution is 0.667.